The third kappa shape index (κ3) is 3.77. The molecule has 0 saturated carbocycles. The van der Waals surface area contributed by atoms with Gasteiger partial charge in [-0.1, -0.05) is 0 Å². The van der Waals surface area contributed by atoms with Gasteiger partial charge in [-0.05, 0) is 61.7 Å². The molecule has 0 radical (unpaired) electrons. The van der Waals surface area contributed by atoms with E-state index in [-0.39, 0.29) is 0 Å². The van der Waals surface area contributed by atoms with Gasteiger partial charge in [-0.2, -0.15) is 3.71 Å². The van der Waals surface area contributed by atoms with Crippen molar-refractivity contribution in [1.82, 2.24) is 3.71 Å². The first kappa shape index (κ1) is 9.82. The van der Waals surface area contributed by atoms with E-state index < -0.39 is 19.0 Å². The summed E-state index contributed by atoms with van der Waals surface area (Å²) in [6, 6.07) is 0. The topological polar surface area (TPSA) is 3.24 Å². The van der Waals surface area contributed by atoms with Gasteiger partial charge in [0.1, 0.15) is 0 Å². The lowest BCUT2D eigenvalue weighted by Crippen LogP contribution is -1.96. The highest BCUT2D eigenvalue weighted by atomic mass is 36.0. The van der Waals surface area contributed by atoms with Crippen LogP contribution < -0.4 is 0 Å². The summed E-state index contributed by atoms with van der Waals surface area (Å²) in [5.74, 6) is 0. The van der Waals surface area contributed by atoms with Crippen LogP contribution in [0.1, 0.15) is 0 Å². The molecule has 0 N–H and O–H groups in total. The molecule has 0 aliphatic carbocycles. The van der Waals surface area contributed by atoms with E-state index in [2.05, 4.69) is 0 Å². The van der Waals surface area contributed by atoms with Gasteiger partial charge in [0.25, 0.3) is 0 Å². The Bertz CT molecular complexity index is 59.1. The van der Waals surface area contributed by atoms with Crippen LogP contribution in [-0.4, -0.2) is 10.8 Å². The molecule has 0 unspecified atom stereocenters. The fraction of sp³-hybridized carbons (Fsp3) is 1.00. The summed E-state index contributed by atoms with van der Waals surface area (Å²) in [4.78, 5) is 0. The molecule has 7 heteroatoms. The van der Waals surface area contributed by atoms with E-state index in [0.29, 0.717) is 0 Å². The van der Waals surface area contributed by atoms with E-state index in [1.54, 1.807) is 7.05 Å². The molecular weight excluding hydrogens is 232 g/mol. The molecule has 0 rings (SSSR count). The number of hydrogen-bond donors (Lipinski definition) is 2. The molecule has 0 bridgehead atoms. The van der Waals surface area contributed by atoms with Crippen molar-refractivity contribution in [3.8, 4) is 0 Å². The number of nitrogens with zero attached hydrogens (tertiary/aromatic N) is 1. The van der Waals surface area contributed by atoms with Crippen LogP contribution in [0.4, 0.5) is 0 Å². The molecule has 0 heterocycles. The van der Waals surface area contributed by atoms with Crippen LogP contribution in [0.5, 0.6) is 0 Å². The largest absolute Gasteiger partial charge is 0.189 e. The maximum Gasteiger partial charge on any atom is 0.00952 e. The summed E-state index contributed by atoms with van der Waals surface area (Å²) in [7, 11) is 21.1. The monoisotopic (exact) mass is 235 g/mol. The molecule has 0 aromatic rings. The second-order valence-electron chi connectivity index (χ2n) is 0.920. The van der Waals surface area contributed by atoms with Gasteiger partial charge in [-0.25, -0.2) is 0 Å². The second-order valence-corrected chi connectivity index (χ2v) is 8.18. The Balaban J connectivity index is 3.46. The van der Waals surface area contributed by atoms with Crippen LogP contribution in [-0.2, 0) is 0 Å². The zero-order valence-electron chi connectivity index (χ0n) is 3.85. The first-order valence-electron chi connectivity index (χ1n) is 1.52. The molecule has 0 saturated heterocycles. The summed E-state index contributed by atoms with van der Waals surface area (Å²) in [6.07, 6.45) is 0. The summed E-state index contributed by atoms with van der Waals surface area (Å²) < 4.78 is 1.52. The molecule has 0 aliphatic heterocycles. The van der Waals surface area contributed by atoms with Gasteiger partial charge < -0.3 is 0 Å². The van der Waals surface area contributed by atoms with E-state index in [1.165, 1.54) is 3.71 Å². The van der Waals surface area contributed by atoms with Crippen LogP contribution in [0.25, 0.3) is 0 Å². The number of rotatable bonds is 2. The molecule has 0 amide bonds. The van der Waals surface area contributed by atoms with E-state index in [0.717, 1.165) is 0 Å². The molecule has 0 atom stereocenters. The number of thiol groups is 2. The molecule has 0 aromatic carbocycles. The molecule has 0 fully saturated rings. The van der Waals surface area contributed by atoms with Crippen molar-refractivity contribution in [2.45, 2.75) is 0 Å². The van der Waals surface area contributed by atoms with Crippen molar-refractivity contribution in [1.29, 1.82) is 0 Å². The van der Waals surface area contributed by atoms with Gasteiger partial charge in [-0.15, -0.1) is 0 Å². The van der Waals surface area contributed by atoms with Crippen LogP contribution in [0.15, 0.2) is 0 Å². The molecule has 54 valence electrons. The van der Waals surface area contributed by atoms with Crippen LogP contribution in [0.2, 0.25) is 0 Å². The summed E-state index contributed by atoms with van der Waals surface area (Å²) in [5.41, 5.74) is 0. The molecule has 0 aromatic heterocycles. The van der Waals surface area contributed by atoms with Gasteiger partial charge in [-0.3, -0.25) is 0 Å². The second kappa shape index (κ2) is 4.61. The Kier molecular flexibility index (Phi) is 5.66. The minimum Gasteiger partial charge on any atom is -0.189 e. The van der Waals surface area contributed by atoms with Crippen LogP contribution in [0.3, 0.4) is 0 Å². The van der Waals surface area contributed by atoms with E-state index >= 15 is 0 Å². The first-order valence-corrected chi connectivity index (χ1v) is 7.73. The van der Waals surface area contributed by atoms with Gasteiger partial charge in [0.05, 0.1) is 0 Å². The lowest BCUT2D eigenvalue weighted by atomic mass is 11.6. The maximum absolute atomic E-state index is 5.43. The Morgan fingerprint density at radius 3 is 1.25 bits per heavy atom. The zero-order valence-corrected chi connectivity index (χ0v) is 8.67. The first-order chi connectivity index (χ1) is 3.55. The third-order valence-corrected chi connectivity index (χ3v) is 6.37. The molecule has 0 aliphatic rings. The van der Waals surface area contributed by atoms with E-state index in [9.17, 15) is 0 Å². The maximum atomic E-state index is 5.43. The predicted octanol–water partition coefficient (Wildman–Crippen LogP) is 3.37. The van der Waals surface area contributed by atoms with Crippen molar-refractivity contribution in [2.75, 3.05) is 7.05 Å². The molecule has 0 spiro atoms. The zero-order chi connectivity index (χ0) is 6.73. The van der Waals surface area contributed by atoms with Crippen molar-refractivity contribution < 1.29 is 0 Å². The van der Waals surface area contributed by atoms with Gasteiger partial charge in [0.2, 0.25) is 0 Å². The fourth-order valence-corrected chi connectivity index (χ4v) is 4.14. The van der Waals surface area contributed by atoms with Crippen molar-refractivity contribution in [2.24, 2.45) is 0 Å². The summed E-state index contributed by atoms with van der Waals surface area (Å²) >= 11 is 0. The Morgan fingerprint density at radius 1 is 1.00 bits per heavy atom. The van der Waals surface area contributed by atoms with Crippen molar-refractivity contribution in [3.63, 3.8) is 0 Å². The van der Waals surface area contributed by atoms with Gasteiger partial charge >= 0.3 is 0 Å². The number of halogens is 4. The Hall–Kier alpha value is 1.82. The molecule has 8 heavy (non-hydrogen) atoms. The highest BCUT2D eigenvalue weighted by Gasteiger charge is 2.06. The number of hydrogen-bond acceptors (Lipinski definition) is 1. The normalized spacial score (nSPS) is 14.2. The summed E-state index contributed by atoms with van der Waals surface area (Å²) in [5, 5.41) is 0. The minimum atomic E-state index is -1.16. The van der Waals surface area contributed by atoms with Gasteiger partial charge in [0.15, 0.2) is 0 Å². The molecular formula is CH5Cl4NS2. The predicted molar refractivity (Wildman–Crippen MR) is 49.1 cm³/mol. The summed E-state index contributed by atoms with van der Waals surface area (Å²) in [6.45, 7) is 0. The Morgan fingerprint density at radius 2 is 1.25 bits per heavy atom. The van der Waals surface area contributed by atoms with Crippen molar-refractivity contribution in [3.05, 3.63) is 0 Å². The highest BCUT2D eigenvalue weighted by molar-refractivity contribution is 8.62. The van der Waals surface area contributed by atoms with Gasteiger partial charge in [0, 0.05) is 7.05 Å². The van der Waals surface area contributed by atoms with Crippen molar-refractivity contribution >= 4 is 61.7 Å². The lowest BCUT2D eigenvalue weighted by Gasteiger charge is -2.21. The van der Waals surface area contributed by atoms with Crippen LogP contribution in [0, 0.1) is 0 Å². The third-order valence-electron chi connectivity index (χ3n) is 0.438. The standard InChI is InChI=1S/CH5Cl4NS2/c1-6(7(2)3)8(4)5/h7-8H,1H3. The minimum absolute atomic E-state index is 1.16. The highest BCUT2D eigenvalue weighted by Crippen LogP contribution is 2.54. The Labute approximate surface area is 72.2 Å². The van der Waals surface area contributed by atoms with E-state index in [1.807, 2.05) is 0 Å². The molecule has 1 nitrogen and oxygen atoms in total. The average molecular weight is 237 g/mol. The van der Waals surface area contributed by atoms with Crippen LogP contribution >= 0.6 is 61.7 Å². The van der Waals surface area contributed by atoms with E-state index in [4.69, 9.17) is 42.7 Å². The SMILES string of the molecule is CN([SH](Cl)Cl)[SH](Cl)Cl. The quantitative estimate of drug-likeness (QED) is 0.696. The average Bonchev–Trinajstić information content (AvgIpc) is 1.64. The smallest absolute Gasteiger partial charge is 0.00952 e. The lowest BCUT2D eigenvalue weighted by molar-refractivity contribution is 0.960. The fourth-order valence-electron chi connectivity index (χ4n) is 0.0511.